The Morgan fingerprint density at radius 3 is 2.47 bits per heavy atom. The highest BCUT2D eigenvalue weighted by molar-refractivity contribution is 9.13. The van der Waals surface area contributed by atoms with E-state index in [4.69, 9.17) is 10.5 Å². The second-order valence-electron chi connectivity index (χ2n) is 3.53. The first kappa shape index (κ1) is 18.5. The van der Waals surface area contributed by atoms with Gasteiger partial charge < -0.3 is 20.3 Å². The SMILES string of the molecule is COC(=O)C[C@H](N)c1cc(OC)c(O)c(Br)c1Br.Cl. The van der Waals surface area contributed by atoms with E-state index in [2.05, 4.69) is 36.6 Å². The Labute approximate surface area is 134 Å². The molecule has 0 aliphatic carbocycles. The predicted molar refractivity (Wildman–Crippen MR) is 80.9 cm³/mol. The fourth-order valence-electron chi connectivity index (χ4n) is 1.41. The molecule has 0 spiro atoms. The van der Waals surface area contributed by atoms with Crippen LogP contribution in [0.15, 0.2) is 15.0 Å². The highest BCUT2D eigenvalue weighted by Crippen LogP contribution is 2.43. The third kappa shape index (κ3) is 4.24. The minimum Gasteiger partial charge on any atom is -0.503 e. The predicted octanol–water partition coefficient (Wildman–Crippen LogP) is 2.91. The van der Waals surface area contributed by atoms with Crippen LogP contribution in [0.2, 0.25) is 0 Å². The van der Waals surface area contributed by atoms with Gasteiger partial charge in [-0.3, -0.25) is 4.79 Å². The van der Waals surface area contributed by atoms with E-state index in [0.717, 1.165) is 0 Å². The van der Waals surface area contributed by atoms with E-state index in [1.165, 1.54) is 14.2 Å². The lowest BCUT2D eigenvalue weighted by molar-refractivity contribution is -0.141. The normalized spacial score (nSPS) is 11.4. The summed E-state index contributed by atoms with van der Waals surface area (Å²) in [5, 5.41) is 9.78. The zero-order valence-electron chi connectivity index (χ0n) is 10.3. The van der Waals surface area contributed by atoms with Crippen molar-refractivity contribution in [3.05, 3.63) is 20.6 Å². The van der Waals surface area contributed by atoms with Crippen molar-refractivity contribution in [2.24, 2.45) is 5.73 Å². The number of hydrogen-bond acceptors (Lipinski definition) is 5. The van der Waals surface area contributed by atoms with Gasteiger partial charge in [0.05, 0.1) is 25.1 Å². The summed E-state index contributed by atoms with van der Waals surface area (Å²) in [7, 11) is 2.74. The van der Waals surface area contributed by atoms with Gasteiger partial charge in [0.15, 0.2) is 11.5 Å². The van der Waals surface area contributed by atoms with E-state index in [1.807, 2.05) is 0 Å². The second kappa shape index (κ2) is 7.94. The second-order valence-corrected chi connectivity index (χ2v) is 5.12. The number of hydrogen-bond donors (Lipinski definition) is 2. The molecule has 108 valence electrons. The average Bonchev–Trinajstić information content (AvgIpc) is 2.36. The number of methoxy groups -OCH3 is 2. The number of aromatic hydroxyl groups is 1. The Morgan fingerprint density at radius 2 is 2.00 bits per heavy atom. The van der Waals surface area contributed by atoms with Crippen LogP contribution in [-0.2, 0) is 9.53 Å². The first-order chi connectivity index (χ1) is 8.42. The van der Waals surface area contributed by atoms with E-state index < -0.39 is 12.0 Å². The molecule has 19 heavy (non-hydrogen) atoms. The quantitative estimate of drug-likeness (QED) is 0.734. The van der Waals surface area contributed by atoms with Crippen LogP contribution in [-0.4, -0.2) is 25.3 Å². The standard InChI is InChI=1S/C11H13Br2NO4.ClH/c1-17-7-3-5(6(14)4-8(15)18-2)9(12)10(13)11(7)16;/h3,6,16H,4,14H2,1-2H3;1H/t6-;/m0./s1. The Balaban J connectivity index is 0.00000324. The molecule has 0 bridgehead atoms. The smallest absolute Gasteiger partial charge is 0.307 e. The zero-order valence-corrected chi connectivity index (χ0v) is 14.3. The van der Waals surface area contributed by atoms with E-state index in [9.17, 15) is 9.90 Å². The lowest BCUT2D eigenvalue weighted by Gasteiger charge is -2.16. The maximum absolute atomic E-state index is 11.2. The number of carbonyl (C=O) groups is 1. The molecule has 0 saturated heterocycles. The van der Waals surface area contributed by atoms with Gasteiger partial charge in [-0.25, -0.2) is 0 Å². The number of rotatable bonds is 4. The van der Waals surface area contributed by atoms with E-state index in [-0.39, 0.29) is 30.3 Å². The molecule has 0 amide bonds. The number of ether oxygens (including phenoxy) is 2. The molecule has 3 N–H and O–H groups in total. The van der Waals surface area contributed by atoms with Crippen LogP contribution in [0.25, 0.3) is 0 Å². The van der Waals surface area contributed by atoms with Crippen LogP contribution in [0.5, 0.6) is 11.5 Å². The van der Waals surface area contributed by atoms with Crippen molar-refractivity contribution in [1.82, 2.24) is 0 Å². The molecule has 0 saturated carbocycles. The fraction of sp³-hybridized carbons (Fsp3) is 0.364. The Kier molecular flexibility index (Phi) is 7.73. The van der Waals surface area contributed by atoms with Crippen molar-refractivity contribution in [3.63, 3.8) is 0 Å². The van der Waals surface area contributed by atoms with Gasteiger partial charge in [-0.1, -0.05) is 0 Å². The van der Waals surface area contributed by atoms with Crippen molar-refractivity contribution in [2.75, 3.05) is 14.2 Å². The van der Waals surface area contributed by atoms with Crippen molar-refractivity contribution < 1.29 is 19.4 Å². The number of phenolic OH excluding ortho intramolecular Hbond substituents is 1. The van der Waals surface area contributed by atoms with Gasteiger partial charge in [-0.05, 0) is 43.5 Å². The number of phenols is 1. The molecule has 0 fully saturated rings. The molecule has 1 aromatic carbocycles. The van der Waals surface area contributed by atoms with Crippen molar-refractivity contribution >= 4 is 50.2 Å². The summed E-state index contributed by atoms with van der Waals surface area (Å²) in [6.07, 6.45) is 0.0372. The van der Waals surface area contributed by atoms with Gasteiger partial charge in [0.1, 0.15) is 0 Å². The molecule has 1 aromatic rings. The van der Waals surface area contributed by atoms with Crippen LogP contribution in [0.3, 0.4) is 0 Å². The van der Waals surface area contributed by atoms with Gasteiger partial charge in [-0.2, -0.15) is 0 Å². The van der Waals surface area contributed by atoms with Gasteiger partial charge in [0, 0.05) is 10.5 Å². The molecule has 0 radical (unpaired) electrons. The summed E-state index contributed by atoms with van der Waals surface area (Å²) in [5.74, 6) is -0.156. The lowest BCUT2D eigenvalue weighted by Crippen LogP contribution is -2.17. The first-order valence-corrected chi connectivity index (χ1v) is 6.58. The minimum absolute atomic E-state index is 0. The number of halogens is 3. The van der Waals surface area contributed by atoms with Crippen LogP contribution in [0, 0.1) is 0 Å². The maximum Gasteiger partial charge on any atom is 0.307 e. The van der Waals surface area contributed by atoms with Gasteiger partial charge >= 0.3 is 5.97 Å². The topological polar surface area (TPSA) is 81.8 Å². The van der Waals surface area contributed by atoms with Crippen molar-refractivity contribution in [3.8, 4) is 11.5 Å². The van der Waals surface area contributed by atoms with Crippen molar-refractivity contribution in [2.45, 2.75) is 12.5 Å². The van der Waals surface area contributed by atoms with Crippen LogP contribution >= 0.6 is 44.3 Å². The van der Waals surface area contributed by atoms with Crippen LogP contribution in [0.1, 0.15) is 18.0 Å². The Bertz CT molecular complexity index is 470. The Hall–Kier alpha value is -0.500. The van der Waals surface area contributed by atoms with E-state index in [1.54, 1.807) is 6.07 Å². The molecule has 1 atom stereocenters. The number of carbonyl (C=O) groups excluding carboxylic acids is 1. The molecule has 8 heteroatoms. The van der Waals surface area contributed by atoms with E-state index >= 15 is 0 Å². The first-order valence-electron chi connectivity index (χ1n) is 4.99. The third-order valence-corrected chi connectivity index (χ3v) is 4.57. The van der Waals surface area contributed by atoms with Crippen LogP contribution in [0.4, 0.5) is 0 Å². The highest BCUT2D eigenvalue weighted by atomic mass is 79.9. The maximum atomic E-state index is 11.2. The van der Waals surface area contributed by atoms with Crippen molar-refractivity contribution in [1.29, 1.82) is 0 Å². The molecule has 0 aliphatic heterocycles. The summed E-state index contributed by atoms with van der Waals surface area (Å²) in [6, 6.07) is 1.02. The average molecular weight is 419 g/mol. The molecule has 0 aliphatic rings. The molecular weight excluding hydrogens is 405 g/mol. The zero-order chi connectivity index (χ0) is 13.9. The fourth-order valence-corrected chi connectivity index (χ4v) is 2.43. The summed E-state index contributed by atoms with van der Waals surface area (Å²) < 4.78 is 10.6. The van der Waals surface area contributed by atoms with Gasteiger partial charge in [-0.15, -0.1) is 12.4 Å². The number of benzene rings is 1. The van der Waals surface area contributed by atoms with Gasteiger partial charge in [0.25, 0.3) is 0 Å². The molecule has 0 aromatic heterocycles. The number of esters is 1. The largest absolute Gasteiger partial charge is 0.503 e. The molecule has 0 heterocycles. The lowest BCUT2D eigenvalue weighted by atomic mass is 10.0. The molecule has 5 nitrogen and oxygen atoms in total. The molecular formula is C11H14Br2ClNO4. The summed E-state index contributed by atoms with van der Waals surface area (Å²) in [4.78, 5) is 11.2. The summed E-state index contributed by atoms with van der Waals surface area (Å²) in [5.41, 5.74) is 6.57. The monoisotopic (exact) mass is 417 g/mol. The highest BCUT2D eigenvalue weighted by Gasteiger charge is 2.21. The Morgan fingerprint density at radius 1 is 1.42 bits per heavy atom. The molecule has 1 rings (SSSR count). The molecule has 0 unspecified atom stereocenters. The van der Waals surface area contributed by atoms with Gasteiger partial charge in [0.2, 0.25) is 0 Å². The number of nitrogens with two attached hydrogens (primary N) is 1. The summed E-state index contributed by atoms with van der Waals surface area (Å²) >= 11 is 6.54. The van der Waals surface area contributed by atoms with E-state index in [0.29, 0.717) is 14.5 Å². The minimum atomic E-state index is -0.558. The third-order valence-electron chi connectivity index (χ3n) is 2.41. The summed E-state index contributed by atoms with van der Waals surface area (Å²) in [6.45, 7) is 0. The van der Waals surface area contributed by atoms with Crippen LogP contribution < -0.4 is 10.5 Å².